The number of amides is 1. The van der Waals surface area contributed by atoms with Gasteiger partial charge in [-0.3, -0.25) is 0 Å². The first kappa shape index (κ1) is 15.7. The van der Waals surface area contributed by atoms with Gasteiger partial charge in [-0.2, -0.15) is 0 Å². The Kier molecular flexibility index (Phi) is 5.74. The predicted molar refractivity (Wildman–Crippen MR) is 81.6 cm³/mol. The van der Waals surface area contributed by atoms with Crippen LogP contribution >= 0.6 is 0 Å². The Hall–Kier alpha value is -0.730. The number of ether oxygens (including phenoxy) is 1. The summed E-state index contributed by atoms with van der Waals surface area (Å²) in [5, 5.41) is 0. The van der Waals surface area contributed by atoms with E-state index >= 15 is 0 Å². The van der Waals surface area contributed by atoms with Gasteiger partial charge < -0.3 is 9.64 Å². The molecule has 2 aliphatic carbocycles. The molecular weight excluding hydrogens is 250 g/mol. The number of hydrogen-bond acceptors (Lipinski definition) is 2. The van der Waals surface area contributed by atoms with Gasteiger partial charge in [0.1, 0.15) is 0 Å². The van der Waals surface area contributed by atoms with Crippen LogP contribution in [0, 0.1) is 23.7 Å². The Morgan fingerprint density at radius 3 is 2.60 bits per heavy atom. The largest absolute Gasteiger partial charge is 0.449 e. The minimum atomic E-state index is -0.0877. The van der Waals surface area contributed by atoms with Crippen LogP contribution in [0.2, 0.25) is 0 Å². The highest BCUT2D eigenvalue weighted by Gasteiger charge is 2.40. The van der Waals surface area contributed by atoms with Gasteiger partial charge >= 0.3 is 6.09 Å². The summed E-state index contributed by atoms with van der Waals surface area (Å²) in [5.41, 5.74) is 0. The van der Waals surface area contributed by atoms with Crippen molar-refractivity contribution in [3.05, 3.63) is 0 Å². The molecule has 2 rings (SSSR count). The first-order chi connectivity index (χ1) is 9.60. The van der Waals surface area contributed by atoms with Crippen LogP contribution in [0.5, 0.6) is 0 Å². The second kappa shape index (κ2) is 7.33. The first-order valence-electron chi connectivity index (χ1n) is 8.51. The number of nitrogens with zero attached hydrogens (tertiary/aromatic N) is 1. The number of rotatable bonds is 7. The first-order valence-corrected chi connectivity index (χ1v) is 8.51. The molecule has 2 bridgehead atoms. The number of hydrogen-bond donors (Lipinski definition) is 0. The van der Waals surface area contributed by atoms with E-state index in [0.717, 1.165) is 37.8 Å². The fraction of sp³-hybridized carbons (Fsp3) is 0.941. The van der Waals surface area contributed by atoms with Crippen molar-refractivity contribution in [1.29, 1.82) is 0 Å². The Morgan fingerprint density at radius 1 is 1.25 bits per heavy atom. The molecule has 2 aliphatic rings. The van der Waals surface area contributed by atoms with Crippen molar-refractivity contribution in [3.8, 4) is 0 Å². The normalized spacial score (nSPS) is 28.1. The molecule has 2 fully saturated rings. The van der Waals surface area contributed by atoms with Gasteiger partial charge in [0.05, 0.1) is 6.61 Å². The summed E-state index contributed by atoms with van der Waals surface area (Å²) in [6.07, 6.45) is 7.41. The highest BCUT2D eigenvalue weighted by atomic mass is 16.6. The lowest BCUT2D eigenvalue weighted by molar-refractivity contribution is 0.0754. The molecule has 0 aromatic carbocycles. The van der Waals surface area contributed by atoms with Gasteiger partial charge in [0, 0.05) is 13.1 Å². The van der Waals surface area contributed by atoms with E-state index in [1.54, 1.807) is 0 Å². The summed E-state index contributed by atoms with van der Waals surface area (Å²) in [6.45, 7) is 8.83. The SMILES string of the molecule is CCCN(CCC(C)C)C(=O)OCC1CC2CCC1C2. The lowest BCUT2D eigenvalue weighted by atomic mass is 9.90. The monoisotopic (exact) mass is 281 g/mol. The van der Waals surface area contributed by atoms with E-state index in [4.69, 9.17) is 4.74 Å². The summed E-state index contributed by atoms with van der Waals surface area (Å²) < 4.78 is 5.61. The highest BCUT2D eigenvalue weighted by molar-refractivity contribution is 5.67. The van der Waals surface area contributed by atoms with E-state index in [1.807, 2.05) is 4.90 Å². The third-order valence-electron chi connectivity index (χ3n) is 5.03. The molecule has 3 unspecified atom stereocenters. The van der Waals surface area contributed by atoms with Crippen molar-refractivity contribution in [2.75, 3.05) is 19.7 Å². The van der Waals surface area contributed by atoms with E-state index in [-0.39, 0.29) is 6.09 Å². The minimum Gasteiger partial charge on any atom is -0.449 e. The Balaban J connectivity index is 1.73. The van der Waals surface area contributed by atoms with Gasteiger partial charge in [0.15, 0.2) is 0 Å². The van der Waals surface area contributed by atoms with Crippen molar-refractivity contribution in [2.45, 2.75) is 59.3 Å². The van der Waals surface area contributed by atoms with Crippen LogP contribution in [-0.4, -0.2) is 30.7 Å². The van der Waals surface area contributed by atoms with Crippen molar-refractivity contribution in [2.24, 2.45) is 23.7 Å². The zero-order valence-electron chi connectivity index (χ0n) is 13.4. The minimum absolute atomic E-state index is 0.0877. The summed E-state index contributed by atoms with van der Waals surface area (Å²) in [5.74, 6) is 3.04. The van der Waals surface area contributed by atoms with Crippen LogP contribution in [0.4, 0.5) is 4.79 Å². The second-order valence-electron chi connectivity index (χ2n) is 7.18. The van der Waals surface area contributed by atoms with E-state index in [1.165, 1.54) is 25.7 Å². The van der Waals surface area contributed by atoms with Crippen molar-refractivity contribution >= 4 is 6.09 Å². The Morgan fingerprint density at radius 2 is 2.05 bits per heavy atom. The van der Waals surface area contributed by atoms with E-state index in [9.17, 15) is 4.79 Å². The predicted octanol–water partition coefficient (Wildman–Crippen LogP) is 4.32. The van der Waals surface area contributed by atoms with Gasteiger partial charge in [-0.1, -0.05) is 27.2 Å². The van der Waals surface area contributed by atoms with E-state index in [2.05, 4.69) is 20.8 Å². The third-order valence-corrected chi connectivity index (χ3v) is 5.03. The molecule has 0 aliphatic heterocycles. The maximum absolute atomic E-state index is 12.2. The standard InChI is InChI=1S/C17H31NO2/c1-4-8-18(9-7-13(2)3)17(19)20-12-16-11-14-5-6-15(16)10-14/h13-16H,4-12H2,1-3H3. The van der Waals surface area contributed by atoms with Crippen LogP contribution in [0.3, 0.4) is 0 Å². The summed E-state index contributed by atoms with van der Waals surface area (Å²) in [7, 11) is 0. The van der Waals surface area contributed by atoms with Crippen molar-refractivity contribution in [1.82, 2.24) is 4.90 Å². The fourth-order valence-electron chi connectivity index (χ4n) is 3.83. The topological polar surface area (TPSA) is 29.5 Å². The average Bonchev–Trinajstić information content (AvgIpc) is 3.02. The van der Waals surface area contributed by atoms with Crippen LogP contribution in [0.25, 0.3) is 0 Å². The molecule has 2 saturated carbocycles. The summed E-state index contributed by atoms with van der Waals surface area (Å²) in [4.78, 5) is 14.1. The smallest absolute Gasteiger partial charge is 0.409 e. The van der Waals surface area contributed by atoms with E-state index in [0.29, 0.717) is 18.4 Å². The maximum atomic E-state index is 12.2. The molecule has 1 amide bonds. The molecule has 0 heterocycles. The summed E-state index contributed by atoms with van der Waals surface area (Å²) in [6, 6.07) is 0. The van der Waals surface area contributed by atoms with Gasteiger partial charge in [-0.05, 0) is 55.8 Å². The van der Waals surface area contributed by atoms with Crippen LogP contribution in [-0.2, 0) is 4.74 Å². The quantitative estimate of drug-likeness (QED) is 0.695. The van der Waals surface area contributed by atoms with Crippen LogP contribution in [0.15, 0.2) is 0 Å². The third kappa shape index (κ3) is 4.13. The fourth-order valence-corrected chi connectivity index (χ4v) is 3.83. The molecule has 3 heteroatoms. The number of fused-ring (bicyclic) bond motifs is 2. The molecule has 0 aromatic heterocycles. The average molecular weight is 281 g/mol. The molecular formula is C17H31NO2. The molecule has 20 heavy (non-hydrogen) atoms. The Bertz CT molecular complexity index is 316. The molecule has 116 valence electrons. The zero-order valence-corrected chi connectivity index (χ0v) is 13.4. The second-order valence-corrected chi connectivity index (χ2v) is 7.18. The van der Waals surface area contributed by atoms with Crippen molar-refractivity contribution in [3.63, 3.8) is 0 Å². The van der Waals surface area contributed by atoms with Gasteiger partial charge in [0.25, 0.3) is 0 Å². The molecule has 0 aromatic rings. The molecule has 3 nitrogen and oxygen atoms in total. The number of carbonyl (C=O) groups excluding carboxylic acids is 1. The van der Waals surface area contributed by atoms with Crippen molar-refractivity contribution < 1.29 is 9.53 Å². The molecule has 0 spiro atoms. The van der Waals surface area contributed by atoms with Gasteiger partial charge in [-0.25, -0.2) is 4.79 Å². The Labute approximate surface area is 124 Å². The zero-order chi connectivity index (χ0) is 14.5. The van der Waals surface area contributed by atoms with Gasteiger partial charge in [0.2, 0.25) is 0 Å². The number of carbonyl (C=O) groups is 1. The maximum Gasteiger partial charge on any atom is 0.409 e. The molecule has 0 radical (unpaired) electrons. The van der Waals surface area contributed by atoms with Crippen LogP contribution in [0.1, 0.15) is 59.3 Å². The molecule has 0 saturated heterocycles. The molecule has 0 N–H and O–H groups in total. The van der Waals surface area contributed by atoms with E-state index < -0.39 is 0 Å². The lowest BCUT2D eigenvalue weighted by Crippen LogP contribution is -2.35. The summed E-state index contributed by atoms with van der Waals surface area (Å²) >= 11 is 0. The van der Waals surface area contributed by atoms with Gasteiger partial charge in [-0.15, -0.1) is 0 Å². The highest BCUT2D eigenvalue weighted by Crippen LogP contribution is 2.48. The molecule has 3 atom stereocenters. The lowest BCUT2D eigenvalue weighted by Gasteiger charge is -2.25. The van der Waals surface area contributed by atoms with Crippen LogP contribution < -0.4 is 0 Å².